The van der Waals surface area contributed by atoms with Gasteiger partial charge in [0.1, 0.15) is 18.5 Å². The lowest BCUT2D eigenvalue weighted by Gasteiger charge is -2.11. The molecule has 1 aromatic rings. The lowest BCUT2D eigenvalue weighted by Crippen LogP contribution is -2.21. The highest BCUT2D eigenvalue weighted by Crippen LogP contribution is 2.25. The second-order valence-electron chi connectivity index (χ2n) is 3.12. The van der Waals surface area contributed by atoms with E-state index in [4.69, 9.17) is 32.3 Å². The number of aliphatic hydroxyl groups is 2. The summed E-state index contributed by atoms with van der Waals surface area (Å²) in [5.74, 6) is 0.473. The number of halogens is 1. The fourth-order valence-electron chi connectivity index (χ4n) is 1.03. The van der Waals surface area contributed by atoms with Gasteiger partial charge in [0, 0.05) is 6.54 Å². The van der Waals surface area contributed by atoms with Gasteiger partial charge in [-0.3, -0.25) is 0 Å². The van der Waals surface area contributed by atoms with Crippen molar-refractivity contribution in [1.82, 2.24) is 0 Å². The van der Waals surface area contributed by atoms with Crippen LogP contribution < -0.4 is 10.5 Å². The van der Waals surface area contributed by atoms with E-state index in [-0.39, 0.29) is 13.2 Å². The van der Waals surface area contributed by atoms with Gasteiger partial charge in [0.25, 0.3) is 0 Å². The zero-order chi connectivity index (χ0) is 11.3. The molecule has 4 nitrogen and oxygen atoms in total. The number of benzene rings is 1. The summed E-state index contributed by atoms with van der Waals surface area (Å²) in [5, 5.41) is 18.1. The quantitative estimate of drug-likeness (QED) is 0.691. The molecule has 0 heterocycles. The first-order valence-corrected chi connectivity index (χ1v) is 4.95. The van der Waals surface area contributed by atoms with E-state index in [1.807, 2.05) is 0 Å². The minimum absolute atomic E-state index is 0.0121. The lowest BCUT2D eigenvalue weighted by atomic mass is 10.2. The second-order valence-corrected chi connectivity index (χ2v) is 3.52. The molecule has 0 unspecified atom stereocenters. The van der Waals surface area contributed by atoms with Crippen LogP contribution in [0.3, 0.4) is 0 Å². The van der Waals surface area contributed by atoms with E-state index >= 15 is 0 Å². The smallest absolute Gasteiger partial charge is 0.138 e. The van der Waals surface area contributed by atoms with Crippen LogP contribution >= 0.6 is 11.6 Å². The number of rotatable bonds is 5. The first-order chi connectivity index (χ1) is 7.17. The third-order valence-electron chi connectivity index (χ3n) is 1.87. The van der Waals surface area contributed by atoms with Gasteiger partial charge in [-0.2, -0.15) is 0 Å². The van der Waals surface area contributed by atoms with E-state index in [0.717, 1.165) is 5.56 Å². The van der Waals surface area contributed by atoms with Crippen molar-refractivity contribution in [1.29, 1.82) is 0 Å². The van der Waals surface area contributed by atoms with Crippen molar-refractivity contribution < 1.29 is 14.9 Å². The van der Waals surface area contributed by atoms with Crippen molar-refractivity contribution in [2.24, 2.45) is 5.73 Å². The van der Waals surface area contributed by atoms with E-state index < -0.39 is 6.10 Å². The van der Waals surface area contributed by atoms with Gasteiger partial charge in [-0.1, -0.05) is 17.7 Å². The topological polar surface area (TPSA) is 75.7 Å². The molecule has 1 rings (SSSR count). The summed E-state index contributed by atoms with van der Waals surface area (Å²) in [7, 11) is 0. The summed E-state index contributed by atoms with van der Waals surface area (Å²) >= 11 is 5.91. The average molecular weight is 232 g/mol. The monoisotopic (exact) mass is 231 g/mol. The predicted molar refractivity (Wildman–Crippen MR) is 57.9 cm³/mol. The molecule has 0 amide bonds. The molecular weight excluding hydrogens is 218 g/mol. The molecule has 0 spiro atoms. The number of aliphatic hydroxyl groups excluding tert-OH is 2. The molecule has 15 heavy (non-hydrogen) atoms. The van der Waals surface area contributed by atoms with Crippen molar-refractivity contribution in [3.05, 3.63) is 28.8 Å². The van der Waals surface area contributed by atoms with Crippen molar-refractivity contribution in [2.45, 2.75) is 12.6 Å². The van der Waals surface area contributed by atoms with Crippen LogP contribution in [0.5, 0.6) is 5.75 Å². The number of ether oxygens (including phenoxy) is 1. The Morgan fingerprint density at radius 1 is 1.47 bits per heavy atom. The Bertz CT molecular complexity index is 320. The van der Waals surface area contributed by atoms with E-state index in [1.165, 1.54) is 0 Å². The van der Waals surface area contributed by atoms with Gasteiger partial charge in [0.15, 0.2) is 0 Å². The standard InChI is InChI=1S/C10H14ClNO3/c11-9-3-7(4-12)1-2-10(9)15-6-8(14)5-13/h1-3,8,13-14H,4-6,12H2/t8-/m1/s1. The van der Waals surface area contributed by atoms with Crippen LogP contribution in [0, 0.1) is 0 Å². The molecule has 0 aliphatic heterocycles. The molecule has 0 aromatic heterocycles. The predicted octanol–water partition coefficient (Wildman–Crippen LogP) is 0.531. The maximum Gasteiger partial charge on any atom is 0.138 e. The molecule has 1 aromatic carbocycles. The Kier molecular flexibility index (Phi) is 4.84. The molecule has 84 valence electrons. The van der Waals surface area contributed by atoms with Crippen LogP contribution in [0.1, 0.15) is 5.56 Å². The van der Waals surface area contributed by atoms with Crippen LogP contribution in [0.4, 0.5) is 0 Å². The largest absolute Gasteiger partial charge is 0.489 e. The van der Waals surface area contributed by atoms with Gasteiger partial charge < -0.3 is 20.7 Å². The first-order valence-electron chi connectivity index (χ1n) is 4.57. The van der Waals surface area contributed by atoms with E-state index in [0.29, 0.717) is 17.3 Å². The maximum absolute atomic E-state index is 9.07. The third kappa shape index (κ3) is 3.68. The summed E-state index contributed by atoms with van der Waals surface area (Å²) < 4.78 is 5.21. The zero-order valence-corrected chi connectivity index (χ0v) is 8.94. The van der Waals surface area contributed by atoms with Gasteiger partial charge >= 0.3 is 0 Å². The van der Waals surface area contributed by atoms with Crippen LogP contribution in [0.15, 0.2) is 18.2 Å². The van der Waals surface area contributed by atoms with Gasteiger partial charge in [0.2, 0.25) is 0 Å². The Balaban J connectivity index is 2.62. The van der Waals surface area contributed by atoms with Gasteiger partial charge in [-0.25, -0.2) is 0 Å². The highest BCUT2D eigenvalue weighted by molar-refractivity contribution is 6.32. The second kappa shape index (κ2) is 5.92. The molecule has 0 saturated heterocycles. The number of hydrogen-bond acceptors (Lipinski definition) is 4. The van der Waals surface area contributed by atoms with Gasteiger partial charge in [-0.05, 0) is 17.7 Å². The third-order valence-corrected chi connectivity index (χ3v) is 2.17. The van der Waals surface area contributed by atoms with Gasteiger partial charge in [0.05, 0.1) is 11.6 Å². The van der Waals surface area contributed by atoms with Crippen LogP contribution in [-0.2, 0) is 6.54 Å². The van der Waals surface area contributed by atoms with E-state index in [1.54, 1.807) is 18.2 Å². The molecule has 0 radical (unpaired) electrons. The van der Waals surface area contributed by atoms with Gasteiger partial charge in [-0.15, -0.1) is 0 Å². The summed E-state index contributed by atoms with van der Waals surface area (Å²) in [6, 6.07) is 5.20. The summed E-state index contributed by atoms with van der Waals surface area (Å²) in [4.78, 5) is 0. The molecule has 0 bridgehead atoms. The Hall–Kier alpha value is -0.810. The molecule has 4 N–H and O–H groups in total. The molecule has 5 heteroatoms. The Labute approximate surface area is 93.2 Å². The van der Waals surface area contributed by atoms with Crippen molar-refractivity contribution in [3.8, 4) is 5.75 Å². The van der Waals surface area contributed by atoms with Crippen molar-refractivity contribution >= 4 is 11.6 Å². The maximum atomic E-state index is 9.07. The SMILES string of the molecule is NCc1ccc(OC[C@H](O)CO)c(Cl)c1. The number of hydrogen-bond donors (Lipinski definition) is 3. The fraction of sp³-hybridized carbons (Fsp3) is 0.400. The minimum atomic E-state index is -0.893. The minimum Gasteiger partial charge on any atom is -0.489 e. The average Bonchev–Trinajstić information content (AvgIpc) is 2.26. The van der Waals surface area contributed by atoms with E-state index in [2.05, 4.69) is 0 Å². The molecule has 1 atom stereocenters. The molecular formula is C10H14ClNO3. The Morgan fingerprint density at radius 2 is 2.20 bits per heavy atom. The lowest BCUT2D eigenvalue weighted by molar-refractivity contribution is 0.0536. The fourth-order valence-corrected chi connectivity index (χ4v) is 1.28. The van der Waals surface area contributed by atoms with Crippen LogP contribution in [0.25, 0.3) is 0 Å². The Morgan fingerprint density at radius 3 is 2.73 bits per heavy atom. The molecule has 0 aliphatic rings. The number of nitrogens with two attached hydrogens (primary N) is 1. The summed E-state index contributed by atoms with van der Waals surface area (Å²) in [6.07, 6.45) is -0.893. The zero-order valence-electron chi connectivity index (χ0n) is 8.19. The van der Waals surface area contributed by atoms with Crippen LogP contribution in [-0.4, -0.2) is 29.5 Å². The van der Waals surface area contributed by atoms with E-state index in [9.17, 15) is 0 Å². The summed E-state index contributed by atoms with van der Waals surface area (Å²) in [6.45, 7) is 0.0932. The normalized spacial score (nSPS) is 12.5. The highest BCUT2D eigenvalue weighted by atomic mass is 35.5. The van der Waals surface area contributed by atoms with Crippen LogP contribution in [0.2, 0.25) is 5.02 Å². The molecule has 0 saturated carbocycles. The first kappa shape index (κ1) is 12.3. The molecule has 0 aliphatic carbocycles. The summed E-state index contributed by atoms with van der Waals surface area (Å²) in [5.41, 5.74) is 6.35. The van der Waals surface area contributed by atoms with Crippen molar-refractivity contribution in [3.63, 3.8) is 0 Å². The van der Waals surface area contributed by atoms with Crippen molar-refractivity contribution in [2.75, 3.05) is 13.2 Å². The molecule has 0 fully saturated rings. The highest BCUT2D eigenvalue weighted by Gasteiger charge is 2.06.